The number of piperidine rings is 1. The van der Waals surface area contributed by atoms with Gasteiger partial charge < -0.3 is 10.2 Å². The summed E-state index contributed by atoms with van der Waals surface area (Å²) in [5, 5.41) is 2.78. The van der Waals surface area contributed by atoms with Crippen molar-refractivity contribution in [2.45, 2.75) is 26.2 Å². The van der Waals surface area contributed by atoms with E-state index in [-0.39, 0.29) is 35.2 Å². The summed E-state index contributed by atoms with van der Waals surface area (Å²) in [5.74, 6) is -0.0475. The van der Waals surface area contributed by atoms with E-state index in [9.17, 15) is 18.0 Å². The monoisotopic (exact) mass is 302 g/mol. The third-order valence-electron chi connectivity index (χ3n) is 4.05. The molecule has 0 aromatic heterocycles. The van der Waals surface area contributed by atoms with Crippen LogP contribution in [0.5, 0.6) is 0 Å². The van der Waals surface area contributed by atoms with E-state index < -0.39 is 9.84 Å². The van der Waals surface area contributed by atoms with Crippen LogP contribution in [0, 0.1) is 11.8 Å². The van der Waals surface area contributed by atoms with Crippen LogP contribution in [0.4, 0.5) is 0 Å². The standard InChI is InChI=1S/C13H22N2O4S/c1-10(16)14-7-11-3-2-5-15(8-11)13(17)12-4-6-20(18,19)9-12/h11-12H,2-9H2,1H3,(H,14,16)/t11-,12+/m0/s1. The van der Waals surface area contributed by atoms with E-state index in [1.165, 1.54) is 6.92 Å². The first-order valence-electron chi connectivity index (χ1n) is 7.11. The summed E-state index contributed by atoms with van der Waals surface area (Å²) in [5.41, 5.74) is 0. The highest BCUT2D eigenvalue weighted by Crippen LogP contribution is 2.24. The van der Waals surface area contributed by atoms with Crippen molar-refractivity contribution in [2.24, 2.45) is 11.8 Å². The lowest BCUT2D eigenvalue weighted by molar-refractivity contribution is -0.136. The van der Waals surface area contributed by atoms with Crippen LogP contribution in [0.25, 0.3) is 0 Å². The van der Waals surface area contributed by atoms with Gasteiger partial charge in [-0.05, 0) is 25.2 Å². The van der Waals surface area contributed by atoms with E-state index in [2.05, 4.69) is 5.32 Å². The normalized spacial score (nSPS) is 29.1. The van der Waals surface area contributed by atoms with Gasteiger partial charge >= 0.3 is 0 Å². The fourth-order valence-electron chi connectivity index (χ4n) is 2.97. The molecule has 1 N–H and O–H groups in total. The molecule has 2 atom stereocenters. The molecule has 0 aromatic carbocycles. The number of amides is 2. The second-order valence-corrected chi connectivity index (χ2v) is 8.06. The molecule has 6 nitrogen and oxygen atoms in total. The largest absolute Gasteiger partial charge is 0.356 e. The van der Waals surface area contributed by atoms with Crippen molar-refractivity contribution in [3.63, 3.8) is 0 Å². The summed E-state index contributed by atoms with van der Waals surface area (Å²) in [4.78, 5) is 25.0. The van der Waals surface area contributed by atoms with Crippen LogP contribution >= 0.6 is 0 Å². The van der Waals surface area contributed by atoms with Gasteiger partial charge in [-0.2, -0.15) is 0 Å². The molecule has 0 bridgehead atoms. The molecule has 2 aliphatic rings. The van der Waals surface area contributed by atoms with Crippen molar-refractivity contribution >= 4 is 21.7 Å². The Balaban J connectivity index is 1.88. The lowest BCUT2D eigenvalue weighted by atomic mass is 9.96. The summed E-state index contributed by atoms with van der Waals surface area (Å²) in [6.45, 7) is 3.39. The Hall–Kier alpha value is -1.11. The quantitative estimate of drug-likeness (QED) is 0.782. The molecule has 2 aliphatic heterocycles. The zero-order valence-corrected chi connectivity index (χ0v) is 12.6. The molecule has 2 saturated heterocycles. The van der Waals surface area contributed by atoms with Crippen LogP contribution in [0.2, 0.25) is 0 Å². The molecule has 2 rings (SSSR count). The molecule has 7 heteroatoms. The van der Waals surface area contributed by atoms with E-state index in [0.29, 0.717) is 26.1 Å². The maximum Gasteiger partial charge on any atom is 0.226 e. The Morgan fingerprint density at radius 1 is 1.30 bits per heavy atom. The van der Waals surface area contributed by atoms with Crippen molar-refractivity contribution in [1.29, 1.82) is 0 Å². The van der Waals surface area contributed by atoms with Gasteiger partial charge in [0.05, 0.1) is 17.4 Å². The Labute approximate surface area is 119 Å². The first-order chi connectivity index (χ1) is 9.37. The van der Waals surface area contributed by atoms with Crippen LogP contribution in [0.1, 0.15) is 26.2 Å². The number of likely N-dealkylation sites (tertiary alicyclic amines) is 1. The molecule has 20 heavy (non-hydrogen) atoms. The number of nitrogens with zero attached hydrogens (tertiary/aromatic N) is 1. The van der Waals surface area contributed by atoms with E-state index in [4.69, 9.17) is 0 Å². The third-order valence-corrected chi connectivity index (χ3v) is 5.82. The van der Waals surface area contributed by atoms with Crippen LogP contribution in [-0.4, -0.2) is 56.3 Å². The number of carbonyl (C=O) groups is 2. The highest BCUT2D eigenvalue weighted by molar-refractivity contribution is 7.91. The van der Waals surface area contributed by atoms with Gasteiger partial charge in [0.2, 0.25) is 11.8 Å². The third kappa shape index (κ3) is 3.94. The fourth-order valence-corrected chi connectivity index (χ4v) is 4.70. The SMILES string of the molecule is CC(=O)NC[C@@H]1CCCN(C(=O)[C@@H]2CCS(=O)(=O)C2)C1. The molecule has 0 saturated carbocycles. The van der Waals surface area contributed by atoms with Crippen molar-refractivity contribution in [3.8, 4) is 0 Å². The summed E-state index contributed by atoms with van der Waals surface area (Å²) in [6.07, 6.45) is 2.36. The predicted octanol–water partition coefficient (Wildman–Crippen LogP) is -0.204. The maximum absolute atomic E-state index is 12.3. The van der Waals surface area contributed by atoms with Gasteiger partial charge in [0, 0.05) is 26.6 Å². The van der Waals surface area contributed by atoms with E-state index >= 15 is 0 Å². The molecule has 2 heterocycles. The van der Waals surface area contributed by atoms with Gasteiger partial charge in [-0.15, -0.1) is 0 Å². The molecule has 0 radical (unpaired) electrons. The summed E-state index contributed by atoms with van der Waals surface area (Å²) < 4.78 is 22.9. The molecule has 0 aromatic rings. The zero-order valence-electron chi connectivity index (χ0n) is 11.8. The average molecular weight is 302 g/mol. The second-order valence-electron chi connectivity index (χ2n) is 5.83. The van der Waals surface area contributed by atoms with Crippen molar-refractivity contribution in [2.75, 3.05) is 31.1 Å². The summed E-state index contributed by atoms with van der Waals surface area (Å²) >= 11 is 0. The van der Waals surface area contributed by atoms with Crippen LogP contribution < -0.4 is 5.32 Å². The topological polar surface area (TPSA) is 83.6 Å². The van der Waals surface area contributed by atoms with Gasteiger partial charge in [-0.3, -0.25) is 9.59 Å². The van der Waals surface area contributed by atoms with Crippen molar-refractivity contribution < 1.29 is 18.0 Å². The second kappa shape index (κ2) is 6.11. The lowest BCUT2D eigenvalue weighted by Gasteiger charge is -2.34. The Morgan fingerprint density at radius 3 is 2.65 bits per heavy atom. The Bertz CT molecular complexity index is 489. The van der Waals surface area contributed by atoms with E-state index in [1.54, 1.807) is 4.90 Å². The zero-order chi connectivity index (χ0) is 14.8. The first-order valence-corrected chi connectivity index (χ1v) is 8.93. The van der Waals surface area contributed by atoms with Crippen LogP contribution in [-0.2, 0) is 19.4 Å². The smallest absolute Gasteiger partial charge is 0.226 e. The molecule has 0 unspecified atom stereocenters. The maximum atomic E-state index is 12.3. The molecule has 114 valence electrons. The highest BCUT2D eigenvalue weighted by atomic mass is 32.2. The minimum atomic E-state index is -3.02. The van der Waals surface area contributed by atoms with Gasteiger partial charge in [0.1, 0.15) is 0 Å². The molecule has 2 fully saturated rings. The molecule has 0 spiro atoms. The minimum Gasteiger partial charge on any atom is -0.356 e. The van der Waals surface area contributed by atoms with E-state index in [1.807, 2.05) is 0 Å². The van der Waals surface area contributed by atoms with Gasteiger partial charge in [0.25, 0.3) is 0 Å². The Kier molecular flexibility index (Phi) is 4.67. The van der Waals surface area contributed by atoms with Gasteiger partial charge in [-0.25, -0.2) is 8.42 Å². The summed E-state index contributed by atoms with van der Waals surface area (Å²) in [7, 11) is -3.02. The number of hydrogen-bond donors (Lipinski definition) is 1. The number of carbonyl (C=O) groups excluding carboxylic acids is 2. The number of rotatable bonds is 3. The molecule has 0 aliphatic carbocycles. The van der Waals surface area contributed by atoms with Gasteiger partial charge in [0.15, 0.2) is 9.84 Å². The Morgan fingerprint density at radius 2 is 2.05 bits per heavy atom. The minimum absolute atomic E-state index is 0.00129. The average Bonchev–Trinajstić information content (AvgIpc) is 2.76. The van der Waals surface area contributed by atoms with Crippen LogP contribution in [0.3, 0.4) is 0 Å². The number of sulfone groups is 1. The van der Waals surface area contributed by atoms with E-state index in [0.717, 1.165) is 12.8 Å². The van der Waals surface area contributed by atoms with Crippen molar-refractivity contribution in [3.05, 3.63) is 0 Å². The summed E-state index contributed by atoms with van der Waals surface area (Å²) in [6, 6.07) is 0. The van der Waals surface area contributed by atoms with Crippen molar-refractivity contribution in [1.82, 2.24) is 10.2 Å². The molecule has 2 amide bonds. The lowest BCUT2D eigenvalue weighted by Crippen LogP contribution is -2.45. The predicted molar refractivity (Wildman–Crippen MR) is 74.7 cm³/mol. The highest BCUT2D eigenvalue weighted by Gasteiger charge is 2.36. The molecular weight excluding hydrogens is 280 g/mol. The molecular formula is C13H22N2O4S. The van der Waals surface area contributed by atoms with Gasteiger partial charge in [-0.1, -0.05) is 0 Å². The first kappa shape index (κ1) is 15.3. The fraction of sp³-hybridized carbons (Fsp3) is 0.846. The van der Waals surface area contributed by atoms with Crippen LogP contribution in [0.15, 0.2) is 0 Å². The number of nitrogens with one attached hydrogen (secondary N) is 1. The number of hydrogen-bond acceptors (Lipinski definition) is 4.